The van der Waals surface area contributed by atoms with E-state index in [2.05, 4.69) is 141 Å². The van der Waals surface area contributed by atoms with Crippen LogP contribution in [0.15, 0.2) is 134 Å². The van der Waals surface area contributed by atoms with Crippen LogP contribution in [0.5, 0.6) is 0 Å². The van der Waals surface area contributed by atoms with Crippen molar-refractivity contribution in [3.8, 4) is 0 Å². The van der Waals surface area contributed by atoms with Crippen LogP contribution in [-0.4, -0.2) is 70.0 Å². The van der Waals surface area contributed by atoms with Crippen LogP contribution in [0.4, 0.5) is 0 Å². The third-order valence-corrected chi connectivity index (χ3v) is 14.1. The topological polar surface area (TPSA) is 111 Å². The second-order valence-corrected chi connectivity index (χ2v) is 23.4. The van der Waals surface area contributed by atoms with Gasteiger partial charge in [-0.25, -0.2) is 0 Å². The minimum atomic E-state index is -4.66. The lowest BCUT2D eigenvalue weighted by atomic mass is 10.0. The normalized spacial score (nSPS) is 14.1. The molecule has 0 fully saturated rings. The second-order valence-electron chi connectivity index (χ2n) is 22.0. The second kappa shape index (κ2) is 59.8. The summed E-state index contributed by atoms with van der Waals surface area (Å²) in [5.41, 5.74) is 0. The molecule has 0 aromatic heterocycles. The molecule has 0 spiro atoms. The Bertz CT molecular complexity index is 1810. The van der Waals surface area contributed by atoms with Gasteiger partial charge in [-0.1, -0.05) is 263 Å². The van der Waals surface area contributed by atoms with E-state index in [4.69, 9.17) is 18.5 Å². The highest BCUT2D eigenvalue weighted by Crippen LogP contribution is 2.38. The fourth-order valence-corrected chi connectivity index (χ4v) is 9.07. The van der Waals surface area contributed by atoms with Crippen LogP contribution in [0.3, 0.4) is 0 Å². The maximum atomic E-state index is 12.8. The molecule has 0 aromatic rings. The van der Waals surface area contributed by atoms with Gasteiger partial charge in [-0.15, -0.1) is 0 Å². The third kappa shape index (κ3) is 63.3. The first-order valence-electron chi connectivity index (χ1n) is 31.9. The highest BCUT2D eigenvalue weighted by Gasteiger charge is 2.21. The Morgan fingerprint density at radius 3 is 1.04 bits per heavy atom. The zero-order chi connectivity index (χ0) is 58.4. The van der Waals surface area contributed by atoms with E-state index in [0.717, 1.165) is 89.9 Å². The smallest absolute Gasteiger partial charge is 0.306 e. The van der Waals surface area contributed by atoms with Crippen LogP contribution in [0.1, 0.15) is 245 Å². The number of hydrogen-bond acceptors (Lipinski definition) is 8. The Morgan fingerprint density at radius 2 is 0.688 bits per heavy atom. The van der Waals surface area contributed by atoms with Gasteiger partial charge in [0.05, 0.1) is 27.7 Å². The van der Waals surface area contributed by atoms with Crippen molar-refractivity contribution in [1.82, 2.24) is 0 Å². The summed E-state index contributed by atoms with van der Waals surface area (Å²) < 4.78 is 34.1. The number of carbonyl (C=O) groups excluding carboxylic acids is 2. The molecule has 456 valence electrons. The minimum Gasteiger partial charge on any atom is -0.756 e. The lowest BCUT2D eigenvalue weighted by Gasteiger charge is -2.28. The van der Waals surface area contributed by atoms with Gasteiger partial charge in [0.25, 0.3) is 7.82 Å². The van der Waals surface area contributed by atoms with E-state index in [0.29, 0.717) is 23.9 Å². The number of quaternary nitrogens is 1. The maximum Gasteiger partial charge on any atom is 0.306 e. The van der Waals surface area contributed by atoms with Crippen molar-refractivity contribution < 1.29 is 42.1 Å². The Kier molecular flexibility index (Phi) is 56.9. The Balaban J connectivity index is 4.14. The first kappa shape index (κ1) is 76.1. The molecule has 0 aromatic carbocycles. The molecule has 0 aliphatic rings. The summed E-state index contributed by atoms with van der Waals surface area (Å²) >= 11 is 0. The average molecular weight is 1130 g/mol. The van der Waals surface area contributed by atoms with Crippen molar-refractivity contribution in [2.24, 2.45) is 0 Å². The first-order valence-corrected chi connectivity index (χ1v) is 33.4. The molecule has 2 unspecified atom stereocenters. The largest absolute Gasteiger partial charge is 0.756 e. The summed E-state index contributed by atoms with van der Waals surface area (Å²) in [7, 11) is 1.12. The van der Waals surface area contributed by atoms with E-state index in [-0.39, 0.29) is 26.1 Å². The van der Waals surface area contributed by atoms with Crippen LogP contribution >= 0.6 is 7.82 Å². The van der Waals surface area contributed by atoms with E-state index in [1.807, 2.05) is 27.2 Å². The molecule has 80 heavy (non-hydrogen) atoms. The van der Waals surface area contributed by atoms with Gasteiger partial charge in [0.1, 0.15) is 19.8 Å². The molecule has 2 atom stereocenters. The van der Waals surface area contributed by atoms with Gasteiger partial charge in [0, 0.05) is 12.8 Å². The van der Waals surface area contributed by atoms with Crippen LogP contribution in [-0.2, 0) is 32.7 Å². The predicted molar refractivity (Wildman–Crippen MR) is 341 cm³/mol. The highest BCUT2D eigenvalue weighted by atomic mass is 31.2. The lowest BCUT2D eigenvalue weighted by molar-refractivity contribution is -0.870. The number of esters is 2. The van der Waals surface area contributed by atoms with Gasteiger partial charge < -0.3 is 27.9 Å². The summed E-state index contributed by atoms with van der Waals surface area (Å²) in [4.78, 5) is 37.9. The average Bonchev–Trinajstić information content (AvgIpc) is 3.42. The van der Waals surface area contributed by atoms with E-state index in [1.165, 1.54) is 116 Å². The third-order valence-electron chi connectivity index (χ3n) is 13.2. The maximum absolute atomic E-state index is 12.8. The fourth-order valence-electron chi connectivity index (χ4n) is 8.34. The zero-order valence-electron chi connectivity index (χ0n) is 51.7. The number of carbonyl (C=O) groups is 2. The van der Waals surface area contributed by atoms with Gasteiger partial charge >= 0.3 is 11.9 Å². The van der Waals surface area contributed by atoms with Crippen molar-refractivity contribution >= 4 is 19.8 Å². The summed E-state index contributed by atoms with van der Waals surface area (Å²) in [5.74, 6) is -0.905. The molecular weight excluding hydrogens is 1010 g/mol. The molecule has 0 heterocycles. The first-order chi connectivity index (χ1) is 39.0. The molecule has 0 saturated carbocycles. The molecule has 0 bridgehead atoms. The molecule has 10 heteroatoms. The van der Waals surface area contributed by atoms with Gasteiger partial charge in [0.15, 0.2) is 6.10 Å². The number of hydrogen-bond donors (Lipinski definition) is 0. The number of ether oxygens (including phenoxy) is 2. The Hall–Kier alpha value is -3.85. The van der Waals surface area contributed by atoms with Crippen molar-refractivity contribution in [1.29, 1.82) is 0 Å². The molecule has 0 aliphatic heterocycles. The molecule has 0 amide bonds. The molecular formula is C70H118NO8P. The number of phosphoric ester groups is 1. The van der Waals surface area contributed by atoms with Crippen molar-refractivity contribution in [3.05, 3.63) is 134 Å². The molecule has 0 N–H and O–H groups in total. The van der Waals surface area contributed by atoms with Crippen molar-refractivity contribution in [2.45, 2.75) is 251 Å². The minimum absolute atomic E-state index is 0.0476. The zero-order valence-corrected chi connectivity index (χ0v) is 52.6. The number of phosphoric acid groups is 1. The van der Waals surface area contributed by atoms with E-state index in [9.17, 15) is 19.0 Å². The standard InChI is InChI=1S/C70H118NO8P/c1-6-8-10-12-14-16-18-20-22-24-26-28-30-31-32-33-34-35-36-37-38-39-41-42-44-46-48-50-52-54-56-58-60-62-69(72)76-66-68(67-78-80(74,75)77-65-64-71(3,4)5)79-70(73)63-61-59-57-55-53-51-49-47-45-43-40-29-27-25-23-21-19-17-15-13-11-9-7-2/h8-11,14-17,20-23,26-29,43,45,49,51,55,57,68H,6-7,12-13,18-19,24-25,30-42,44,46-48,50,52-54,56,58-67H2,1-5H3/b10-8-,11-9-,16-14-,17-15-,22-20-,23-21-,28-26-,29-27-,45-43-,51-49-,57-55-. The molecule has 0 radical (unpaired) electrons. The van der Waals surface area contributed by atoms with Gasteiger partial charge in [-0.3, -0.25) is 14.2 Å². The number of allylic oxidation sites excluding steroid dienone is 22. The number of nitrogens with zero attached hydrogens (tertiary/aromatic N) is 1. The van der Waals surface area contributed by atoms with Crippen LogP contribution < -0.4 is 4.89 Å². The monoisotopic (exact) mass is 1130 g/mol. The van der Waals surface area contributed by atoms with Crippen LogP contribution in [0, 0.1) is 0 Å². The molecule has 0 aliphatic carbocycles. The van der Waals surface area contributed by atoms with E-state index in [1.54, 1.807) is 0 Å². The van der Waals surface area contributed by atoms with Crippen molar-refractivity contribution in [2.75, 3.05) is 47.5 Å². The van der Waals surface area contributed by atoms with Gasteiger partial charge in [-0.05, 0) is 103 Å². The van der Waals surface area contributed by atoms with E-state index >= 15 is 0 Å². The van der Waals surface area contributed by atoms with Gasteiger partial charge in [0.2, 0.25) is 0 Å². The molecule has 9 nitrogen and oxygen atoms in total. The van der Waals surface area contributed by atoms with Crippen LogP contribution in [0.25, 0.3) is 0 Å². The Morgan fingerprint density at radius 1 is 0.388 bits per heavy atom. The summed E-state index contributed by atoms with van der Waals surface area (Å²) in [6.45, 7) is 3.95. The lowest BCUT2D eigenvalue weighted by Crippen LogP contribution is -2.37. The van der Waals surface area contributed by atoms with Crippen molar-refractivity contribution in [3.63, 3.8) is 0 Å². The summed E-state index contributed by atoms with van der Waals surface area (Å²) in [5, 5.41) is 0. The number of unbranched alkanes of at least 4 members (excludes halogenated alkanes) is 21. The van der Waals surface area contributed by atoms with Gasteiger partial charge in [-0.2, -0.15) is 0 Å². The number of rotatable bonds is 57. The van der Waals surface area contributed by atoms with E-state index < -0.39 is 32.5 Å². The fraction of sp³-hybridized carbons (Fsp3) is 0.657. The number of likely N-dealkylation sites (N-methyl/N-ethyl adjacent to an activating group) is 1. The summed E-state index contributed by atoms with van der Waals surface area (Å²) in [6.07, 6.45) is 86.7. The molecule has 0 rings (SSSR count). The summed E-state index contributed by atoms with van der Waals surface area (Å²) in [6, 6.07) is 0. The predicted octanol–water partition coefficient (Wildman–Crippen LogP) is 19.9. The quantitative estimate of drug-likeness (QED) is 0.0195. The van der Waals surface area contributed by atoms with Crippen LogP contribution in [0.2, 0.25) is 0 Å². The SMILES string of the molecule is CC/C=C\C/C=C\C/C=C\C/C=C\C/C=C\C/C=C\C/C=C\CCCC(=O)OC(COC(=O)CCCCCCCCCCCCCCCCCCCCCC/C=C\C/C=C\C/C=C\C/C=C\CC)COP(=O)([O-])OCC[N+](C)(C)C. The molecule has 0 saturated heterocycles. The Labute approximate surface area is 491 Å². The highest BCUT2D eigenvalue weighted by molar-refractivity contribution is 7.45.